The molecule has 6 heteroatoms. The van der Waals surface area contributed by atoms with Crippen LogP contribution in [0.5, 0.6) is 0 Å². The molecule has 2 aliphatic rings. The minimum atomic E-state index is -0.779. The molecule has 5 nitrogen and oxygen atoms in total. The van der Waals surface area contributed by atoms with E-state index in [1.807, 2.05) is 11.8 Å². The van der Waals surface area contributed by atoms with Crippen molar-refractivity contribution >= 4 is 23.8 Å². The minimum absolute atomic E-state index is 0.222. The van der Waals surface area contributed by atoms with Crippen molar-refractivity contribution in [2.24, 2.45) is 5.41 Å². The van der Waals surface area contributed by atoms with E-state index in [2.05, 4.69) is 10.6 Å². The quantitative estimate of drug-likeness (QED) is 0.736. The molecule has 1 aliphatic heterocycles. The molecule has 19 heavy (non-hydrogen) atoms. The highest BCUT2D eigenvalue weighted by atomic mass is 32.2. The van der Waals surface area contributed by atoms with Crippen LogP contribution >= 0.6 is 11.8 Å². The zero-order valence-corrected chi connectivity index (χ0v) is 11.9. The summed E-state index contributed by atoms with van der Waals surface area (Å²) in [5, 5.41) is 15.0. The van der Waals surface area contributed by atoms with Crippen molar-refractivity contribution in [1.29, 1.82) is 0 Å². The van der Waals surface area contributed by atoms with E-state index in [0.29, 0.717) is 12.8 Å². The molecule has 0 aromatic carbocycles. The third kappa shape index (κ3) is 3.78. The molecular formula is C13H22N2O3S. The molecular weight excluding hydrogens is 264 g/mol. The lowest BCUT2D eigenvalue weighted by Crippen LogP contribution is -2.48. The molecule has 1 heterocycles. The Labute approximate surface area is 117 Å². The molecule has 1 saturated heterocycles. The second-order valence-electron chi connectivity index (χ2n) is 5.53. The lowest BCUT2D eigenvalue weighted by Gasteiger charge is -2.26. The molecule has 0 bridgehead atoms. The SMILES string of the molecule is O=C(NCC1(C(=O)O)CCCC1)NC1CCCSC1. The topological polar surface area (TPSA) is 78.4 Å². The van der Waals surface area contributed by atoms with Gasteiger partial charge in [0, 0.05) is 18.3 Å². The number of carboxylic acid groups (broad SMARTS) is 1. The number of carbonyl (C=O) groups excluding carboxylic acids is 1. The van der Waals surface area contributed by atoms with Crippen LogP contribution in [0, 0.1) is 5.41 Å². The van der Waals surface area contributed by atoms with Gasteiger partial charge in [-0.15, -0.1) is 0 Å². The van der Waals surface area contributed by atoms with Crippen molar-refractivity contribution in [3.63, 3.8) is 0 Å². The Balaban J connectivity index is 1.77. The number of hydrogen-bond acceptors (Lipinski definition) is 3. The van der Waals surface area contributed by atoms with Gasteiger partial charge in [-0.2, -0.15) is 11.8 Å². The van der Waals surface area contributed by atoms with Gasteiger partial charge in [0.1, 0.15) is 0 Å². The number of carboxylic acids is 1. The standard InChI is InChI=1S/C13H22N2O3S/c16-11(17)13(5-1-2-6-13)9-14-12(18)15-10-4-3-7-19-8-10/h10H,1-9H2,(H,16,17)(H2,14,15,18). The zero-order valence-electron chi connectivity index (χ0n) is 11.1. The summed E-state index contributed by atoms with van der Waals surface area (Å²) in [5.74, 6) is 1.35. The summed E-state index contributed by atoms with van der Waals surface area (Å²) in [6.07, 6.45) is 5.37. The van der Waals surface area contributed by atoms with Gasteiger partial charge in [-0.1, -0.05) is 12.8 Å². The fourth-order valence-corrected chi connectivity index (χ4v) is 3.93. The Hall–Kier alpha value is -0.910. The summed E-state index contributed by atoms with van der Waals surface area (Å²) >= 11 is 1.86. The van der Waals surface area contributed by atoms with E-state index in [9.17, 15) is 14.7 Å². The molecule has 0 aromatic heterocycles. The Morgan fingerprint density at radius 2 is 2.00 bits per heavy atom. The summed E-state index contributed by atoms with van der Waals surface area (Å²) in [7, 11) is 0. The number of hydrogen-bond donors (Lipinski definition) is 3. The van der Waals surface area contributed by atoms with Gasteiger partial charge in [0.25, 0.3) is 0 Å². The van der Waals surface area contributed by atoms with E-state index in [1.54, 1.807) is 0 Å². The number of nitrogens with one attached hydrogen (secondary N) is 2. The summed E-state index contributed by atoms with van der Waals surface area (Å²) < 4.78 is 0. The van der Waals surface area contributed by atoms with Crippen LogP contribution in [-0.4, -0.2) is 41.2 Å². The van der Waals surface area contributed by atoms with Crippen LogP contribution in [0.25, 0.3) is 0 Å². The number of urea groups is 1. The average Bonchev–Trinajstić information content (AvgIpc) is 2.88. The van der Waals surface area contributed by atoms with Crippen LogP contribution in [0.15, 0.2) is 0 Å². The number of rotatable bonds is 4. The van der Waals surface area contributed by atoms with E-state index < -0.39 is 11.4 Å². The predicted molar refractivity (Wildman–Crippen MR) is 75.4 cm³/mol. The molecule has 0 aromatic rings. The zero-order chi connectivity index (χ0) is 13.7. The maximum absolute atomic E-state index is 11.8. The molecule has 2 rings (SSSR count). The second-order valence-corrected chi connectivity index (χ2v) is 6.68. The largest absolute Gasteiger partial charge is 0.481 e. The summed E-state index contributed by atoms with van der Waals surface area (Å²) in [6.45, 7) is 0.244. The molecule has 1 atom stereocenters. The fraction of sp³-hybridized carbons (Fsp3) is 0.846. The van der Waals surface area contributed by atoms with E-state index in [4.69, 9.17) is 0 Å². The Morgan fingerprint density at radius 1 is 1.26 bits per heavy atom. The van der Waals surface area contributed by atoms with E-state index in [-0.39, 0.29) is 18.6 Å². The van der Waals surface area contributed by atoms with Gasteiger partial charge < -0.3 is 15.7 Å². The van der Waals surface area contributed by atoms with E-state index >= 15 is 0 Å². The first-order chi connectivity index (χ1) is 9.12. The molecule has 1 unspecified atom stereocenters. The molecule has 2 fully saturated rings. The number of amides is 2. The molecule has 0 spiro atoms. The van der Waals surface area contributed by atoms with Crippen molar-refractivity contribution in [2.75, 3.05) is 18.1 Å². The molecule has 2 amide bonds. The Morgan fingerprint density at radius 3 is 2.58 bits per heavy atom. The molecule has 0 radical (unpaired) electrons. The van der Waals surface area contributed by atoms with Gasteiger partial charge in [0.05, 0.1) is 5.41 Å². The Kier molecular flexibility index (Phi) is 4.96. The molecule has 1 aliphatic carbocycles. The number of carbonyl (C=O) groups is 2. The second kappa shape index (κ2) is 6.50. The van der Waals surface area contributed by atoms with Gasteiger partial charge >= 0.3 is 12.0 Å². The van der Waals surface area contributed by atoms with E-state index in [1.165, 1.54) is 5.75 Å². The maximum Gasteiger partial charge on any atom is 0.315 e. The fourth-order valence-electron chi connectivity index (χ4n) is 2.86. The maximum atomic E-state index is 11.8. The normalized spacial score (nSPS) is 25.8. The first-order valence-electron chi connectivity index (χ1n) is 6.98. The lowest BCUT2D eigenvalue weighted by atomic mass is 9.86. The molecule has 1 saturated carbocycles. The highest BCUT2D eigenvalue weighted by molar-refractivity contribution is 7.99. The van der Waals surface area contributed by atoms with Crippen LogP contribution < -0.4 is 10.6 Å². The van der Waals surface area contributed by atoms with Gasteiger partial charge in [0.15, 0.2) is 0 Å². The van der Waals surface area contributed by atoms with Crippen molar-refractivity contribution in [3.05, 3.63) is 0 Å². The van der Waals surface area contributed by atoms with Gasteiger partial charge in [-0.05, 0) is 31.4 Å². The first kappa shape index (κ1) is 14.5. The third-order valence-corrected chi connectivity index (χ3v) is 5.31. The number of aliphatic carboxylic acids is 1. The van der Waals surface area contributed by atoms with Crippen molar-refractivity contribution in [3.8, 4) is 0 Å². The van der Waals surface area contributed by atoms with Crippen LogP contribution in [0.4, 0.5) is 4.79 Å². The van der Waals surface area contributed by atoms with Crippen molar-refractivity contribution < 1.29 is 14.7 Å². The summed E-state index contributed by atoms with van der Waals surface area (Å²) in [4.78, 5) is 23.2. The Bertz CT molecular complexity index is 337. The van der Waals surface area contributed by atoms with Crippen LogP contribution in [0.2, 0.25) is 0 Å². The summed E-state index contributed by atoms with van der Waals surface area (Å²) in [6, 6.07) is 0.00290. The van der Waals surface area contributed by atoms with Gasteiger partial charge in [-0.25, -0.2) is 4.79 Å². The van der Waals surface area contributed by atoms with Gasteiger partial charge in [-0.3, -0.25) is 4.79 Å². The number of thioether (sulfide) groups is 1. The van der Waals surface area contributed by atoms with Crippen LogP contribution in [-0.2, 0) is 4.79 Å². The first-order valence-corrected chi connectivity index (χ1v) is 8.13. The van der Waals surface area contributed by atoms with Crippen molar-refractivity contribution in [1.82, 2.24) is 10.6 Å². The van der Waals surface area contributed by atoms with Crippen LogP contribution in [0.3, 0.4) is 0 Å². The highest BCUT2D eigenvalue weighted by Gasteiger charge is 2.41. The lowest BCUT2D eigenvalue weighted by molar-refractivity contribution is -0.148. The van der Waals surface area contributed by atoms with Gasteiger partial charge in [0.2, 0.25) is 0 Å². The smallest absolute Gasteiger partial charge is 0.315 e. The average molecular weight is 286 g/mol. The minimum Gasteiger partial charge on any atom is -0.481 e. The molecule has 108 valence electrons. The monoisotopic (exact) mass is 286 g/mol. The highest BCUT2D eigenvalue weighted by Crippen LogP contribution is 2.37. The van der Waals surface area contributed by atoms with E-state index in [0.717, 1.165) is 31.4 Å². The summed E-state index contributed by atoms with van der Waals surface area (Å²) in [5.41, 5.74) is -0.737. The molecule has 3 N–H and O–H groups in total. The van der Waals surface area contributed by atoms with Crippen molar-refractivity contribution in [2.45, 2.75) is 44.6 Å². The third-order valence-electron chi connectivity index (χ3n) is 4.10. The van der Waals surface area contributed by atoms with Crippen LogP contribution in [0.1, 0.15) is 38.5 Å². The predicted octanol–water partition coefficient (Wildman–Crippen LogP) is 1.83.